The summed E-state index contributed by atoms with van der Waals surface area (Å²) < 4.78 is 15.9. The highest BCUT2D eigenvalue weighted by Crippen LogP contribution is 2.32. The van der Waals surface area contributed by atoms with Crippen LogP contribution in [0.5, 0.6) is 0 Å². The van der Waals surface area contributed by atoms with E-state index in [1.807, 2.05) is 0 Å². The number of fused-ring (bicyclic) bond motifs is 1. The van der Waals surface area contributed by atoms with Crippen molar-refractivity contribution >= 4 is 23.2 Å². The van der Waals surface area contributed by atoms with Gasteiger partial charge in [0.2, 0.25) is 0 Å². The van der Waals surface area contributed by atoms with E-state index in [0.29, 0.717) is 29.3 Å². The van der Waals surface area contributed by atoms with Gasteiger partial charge in [0.1, 0.15) is 5.82 Å². The summed E-state index contributed by atoms with van der Waals surface area (Å²) >= 11 is 5.83. The van der Waals surface area contributed by atoms with Gasteiger partial charge in [-0.25, -0.2) is 13.9 Å². The number of halogens is 2. The lowest BCUT2D eigenvalue weighted by Crippen LogP contribution is -2.42. The van der Waals surface area contributed by atoms with Crippen molar-refractivity contribution in [1.29, 1.82) is 0 Å². The van der Waals surface area contributed by atoms with Gasteiger partial charge < -0.3 is 4.90 Å². The van der Waals surface area contributed by atoms with Gasteiger partial charge in [0.05, 0.1) is 5.56 Å². The molecule has 2 aromatic heterocycles. The number of benzene rings is 1. The van der Waals surface area contributed by atoms with Gasteiger partial charge in [-0.2, -0.15) is 5.10 Å². The third-order valence-electron chi connectivity index (χ3n) is 3.94. The zero-order valence-corrected chi connectivity index (χ0v) is 12.8. The Balaban J connectivity index is 1.97. The Kier molecular flexibility index (Phi) is 3.27. The van der Waals surface area contributed by atoms with Crippen LogP contribution in [0.1, 0.15) is 16.9 Å². The van der Waals surface area contributed by atoms with Crippen molar-refractivity contribution in [1.82, 2.24) is 19.5 Å². The summed E-state index contributed by atoms with van der Waals surface area (Å²) in [6.07, 6.45) is 4.25. The Bertz CT molecular complexity index is 920. The van der Waals surface area contributed by atoms with Crippen molar-refractivity contribution in [3.8, 4) is 11.1 Å². The van der Waals surface area contributed by atoms with E-state index in [-0.39, 0.29) is 17.2 Å². The summed E-state index contributed by atoms with van der Waals surface area (Å²) in [4.78, 5) is 18.6. The summed E-state index contributed by atoms with van der Waals surface area (Å²) in [7, 11) is 0. The smallest absolute Gasteiger partial charge is 0.275 e. The maximum atomic E-state index is 14.4. The van der Waals surface area contributed by atoms with Gasteiger partial charge in [-0.05, 0) is 30.7 Å². The molecule has 7 heteroatoms. The average molecular weight is 331 g/mol. The van der Waals surface area contributed by atoms with E-state index in [2.05, 4.69) is 10.1 Å². The zero-order chi connectivity index (χ0) is 16.0. The molecule has 0 saturated carbocycles. The normalized spacial score (nSPS) is 14.1. The largest absolute Gasteiger partial charge is 0.337 e. The molecule has 0 radical (unpaired) electrons. The predicted octanol–water partition coefficient (Wildman–Crippen LogP) is 3.03. The zero-order valence-electron chi connectivity index (χ0n) is 12.0. The molecular weight excluding hydrogens is 319 g/mol. The molecule has 0 N–H and O–H groups in total. The highest BCUT2D eigenvalue weighted by molar-refractivity contribution is 6.30. The molecule has 116 valence electrons. The monoisotopic (exact) mass is 330 g/mol. The molecule has 1 fully saturated rings. The lowest BCUT2D eigenvalue weighted by Gasteiger charge is -2.30. The number of rotatable bonds is 2. The minimum absolute atomic E-state index is 0.203. The predicted molar refractivity (Wildman–Crippen MR) is 83.9 cm³/mol. The molecule has 0 bridgehead atoms. The van der Waals surface area contributed by atoms with Crippen LogP contribution in [0.2, 0.25) is 5.02 Å². The molecule has 3 heterocycles. The third kappa shape index (κ3) is 2.26. The van der Waals surface area contributed by atoms with Gasteiger partial charge in [-0.1, -0.05) is 11.6 Å². The van der Waals surface area contributed by atoms with Crippen molar-refractivity contribution in [3.05, 3.63) is 53.2 Å². The van der Waals surface area contributed by atoms with Crippen LogP contribution in [-0.2, 0) is 0 Å². The molecule has 0 spiro atoms. The molecule has 1 aliphatic rings. The van der Waals surface area contributed by atoms with Crippen LogP contribution in [0.3, 0.4) is 0 Å². The van der Waals surface area contributed by atoms with Crippen LogP contribution >= 0.6 is 11.6 Å². The van der Waals surface area contributed by atoms with Crippen molar-refractivity contribution in [2.75, 3.05) is 13.1 Å². The Morgan fingerprint density at radius 2 is 2.13 bits per heavy atom. The quantitative estimate of drug-likeness (QED) is 0.725. The molecule has 3 aromatic rings. The highest BCUT2D eigenvalue weighted by atomic mass is 35.5. The van der Waals surface area contributed by atoms with Gasteiger partial charge in [0.15, 0.2) is 11.3 Å². The standard InChI is InChI=1S/C16H12ClFN4O/c17-10-3-4-11(12(18)9-10)13-14(16(23)21-6-2-7-21)20-22-8-1-5-19-15(13)22/h1,3-5,8-9H,2,6-7H2. The lowest BCUT2D eigenvalue weighted by molar-refractivity contribution is 0.0646. The van der Waals surface area contributed by atoms with Crippen LogP contribution in [0.4, 0.5) is 4.39 Å². The molecule has 5 nitrogen and oxygen atoms in total. The summed E-state index contributed by atoms with van der Waals surface area (Å²) in [5.41, 5.74) is 1.32. The first-order chi connectivity index (χ1) is 11.1. The minimum Gasteiger partial charge on any atom is -0.337 e. The molecule has 0 aliphatic carbocycles. The van der Waals surface area contributed by atoms with Crippen LogP contribution in [-0.4, -0.2) is 38.5 Å². The van der Waals surface area contributed by atoms with Crippen LogP contribution in [0, 0.1) is 5.82 Å². The Morgan fingerprint density at radius 1 is 1.30 bits per heavy atom. The van der Waals surface area contributed by atoms with E-state index in [4.69, 9.17) is 11.6 Å². The van der Waals surface area contributed by atoms with Crippen molar-refractivity contribution in [2.45, 2.75) is 6.42 Å². The van der Waals surface area contributed by atoms with E-state index in [9.17, 15) is 9.18 Å². The maximum absolute atomic E-state index is 14.4. The molecule has 1 aliphatic heterocycles. The highest BCUT2D eigenvalue weighted by Gasteiger charge is 2.29. The van der Waals surface area contributed by atoms with Gasteiger partial charge in [0, 0.05) is 36.1 Å². The fourth-order valence-electron chi connectivity index (χ4n) is 2.65. The summed E-state index contributed by atoms with van der Waals surface area (Å²) in [5, 5.41) is 4.62. The number of hydrogen-bond donors (Lipinski definition) is 0. The number of hydrogen-bond acceptors (Lipinski definition) is 3. The van der Waals surface area contributed by atoms with E-state index < -0.39 is 5.82 Å². The Morgan fingerprint density at radius 3 is 2.83 bits per heavy atom. The first-order valence-electron chi connectivity index (χ1n) is 7.23. The summed E-state index contributed by atoms with van der Waals surface area (Å²) in [5.74, 6) is -0.707. The number of aromatic nitrogens is 3. The fraction of sp³-hybridized carbons (Fsp3) is 0.188. The maximum Gasteiger partial charge on any atom is 0.275 e. The van der Waals surface area contributed by atoms with E-state index >= 15 is 0 Å². The second-order valence-corrected chi connectivity index (χ2v) is 5.82. The van der Waals surface area contributed by atoms with Gasteiger partial charge in [-0.3, -0.25) is 4.79 Å². The first kappa shape index (κ1) is 14.1. The molecule has 4 rings (SSSR count). The first-order valence-corrected chi connectivity index (χ1v) is 7.61. The SMILES string of the molecule is O=C(c1nn2cccnc2c1-c1ccc(Cl)cc1F)N1CCC1. The Hall–Kier alpha value is -2.47. The second-order valence-electron chi connectivity index (χ2n) is 5.38. The summed E-state index contributed by atoms with van der Waals surface area (Å²) in [6, 6.07) is 6.07. The molecule has 0 unspecified atom stereocenters. The van der Waals surface area contributed by atoms with Gasteiger partial charge >= 0.3 is 0 Å². The number of likely N-dealkylation sites (tertiary alicyclic amines) is 1. The van der Waals surface area contributed by atoms with Crippen molar-refractivity contribution < 1.29 is 9.18 Å². The lowest BCUT2D eigenvalue weighted by atomic mass is 10.0. The third-order valence-corrected chi connectivity index (χ3v) is 4.18. The molecule has 0 atom stereocenters. The number of nitrogens with zero attached hydrogens (tertiary/aromatic N) is 4. The molecule has 23 heavy (non-hydrogen) atoms. The van der Waals surface area contributed by atoms with Crippen molar-refractivity contribution in [2.24, 2.45) is 0 Å². The summed E-state index contributed by atoms with van der Waals surface area (Å²) in [6.45, 7) is 1.39. The fourth-order valence-corrected chi connectivity index (χ4v) is 2.80. The minimum atomic E-state index is -0.504. The van der Waals surface area contributed by atoms with Crippen LogP contribution in [0.15, 0.2) is 36.7 Å². The number of carbonyl (C=O) groups excluding carboxylic acids is 1. The Labute approximate surface area is 136 Å². The molecule has 1 amide bonds. The topological polar surface area (TPSA) is 50.5 Å². The van der Waals surface area contributed by atoms with Gasteiger partial charge in [0.25, 0.3) is 5.91 Å². The van der Waals surface area contributed by atoms with E-state index in [1.54, 1.807) is 35.5 Å². The second kappa shape index (κ2) is 5.31. The average Bonchev–Trinajstić information content (AvgIpc) is 2.85. The molecule has 1 aromatic carbocycles. The van der Waals surface area contributed by atoms with Crippen LogP contribution < -0.4 is 0 Å². The van der Waals surface area contributed by atoms with Crippen molar-refractivity contribution in [3.63, 3.8) is 0 Å². The molecule has 1 saturated heterocycles. The number of amides is 1. The van der Waals surface area contributed by atoms with Crippen LogP contribution in [0.25, 0.3) is 16.8 Å². The van der Waals surface area contributed by atoms with E-state index in [1.165, 1.54) is 10.6 Å². The van der Waals surface area contributed by atoms with Gasteiger partial charge in [-0.15, -0.1) is 0 Å². The molecular formula is C16H12ClFN4O. The number of carbonyl (C=O) groups is 1. The van der Waals surface area contributed by atoms with E-state index in [0.717, 1.165) is 6.42 Å².